The van der Waals surface area contributed by atoms with Gasteiger partial charge in [0.15, 0.2) is 5.75 Å². The van der Waals surface area contributed by atoms with E-state index in [-0.39, 0.29) is 11.0 Å². The summed E-state index contributed by atoms with van der Waals surface area (Å²) >= 11 is 7.94. The lowest BCUT2D eigenvalue weighted by molar-refractivity contribution is 0.215. The fourth-order valence-corrected chi connectivity index (χ4v) is 5.67. The Kier molecular flexibility index (Phi) is 6.74. The van der Waals surface area contributed by atoms with Crippen molar-refractivity contribution in [1.82, 2.24) is 20.6 Å². The minimum Gasteiger partial charge on any atom is -0.496 e. The van der Waals surface area contributed by atoms with Gasteiger partial charge in [0.1, 0.15) is 11.5 Å². The standard InChI is InChI=1S/C24H24ClN5O4S/c1-13-10-20-16(12-19(13)32-2)21(22(35-20)34-24(31)26-23-27-29-30-28-23)33-18-9-8-15(11-17(18)25)14-6-4-3-5-7-14/h8-12,14H,3-7H2,1-2H3,(H2,26,27,28,29,30,31). The number of carbonyl (C=O) groups excluding carboxylic acids is 1. The molecule has 1 amide bonds. The van der Waals surface area contributed by atoms with E-state index < -0.39 is 6.09 Å². The topological polar surface area (TPSA) is 111 Å². The van der Waals surface area contributed by atoms with Crippen molar-refractivity contribution >= 4 is 45.1 Å². The number of aryl methyl sites for hydroxylation is 1. The van der Waals surface area contributed by atoms with Crippen LogP contribution in [0.15, 0.2) is 30.3 Å². The number of H-pyrrole nitrogens is 1. The minimum absolute atomic E-state index is 0.00237. The molecule has 1 fully saturated rings. The Morgan fingerprint density at radius 1 is 1.17 bits per heavy atom. The highest BCUT2D eigenvalue weighted by Gasteiger charge is 2.23. The van der Waals surface area contributed by atoms with Crippen LogP contribution in [0.1, 0.15) is 49.1 Å². The van der Waals surface area contributed by atoms with Gasteiger partial charge in [0.05, 0.1) is 12.1 Å². The fourth-order valence-electron chi connectivity index (χ4n) is 4.38. The molecule has 0 spiro atoms. The first-order valence-corrected chi connectivity index (χ1v) is 12.5. The van der Waals surface area contributed by atoms with E-state index in [0.29, 0.717) is 28.2 Å². The van der Waals surface area contributed by atoms with E-state index in [2.05, 4.69) is 32.0 Å². The Morgan fingerprint density at radius 3 is 2.71 bits per heavy atom. The predicted octanol–water partition coefficient (Wildman–Crippen LogP) is 6.84. The van der Waals surface area contributed by atoms with E-state index in [0.717, 1.165) is 15.6 Å². The van der Waals surface area contributed by atoms with Crippen LogP contribution < -0.4 is 19.5 Å². The average Bonchev–Trinajstić information content (AvgIpc) is 3.48. The number of nitrogens with zero attached hydrogens (tertiary/aromatic N) is 3. The molecule has 0 bridgehead atoms. The third kappa shape index (κ3) is 5.03. The molecule has 5 rings (SSSR count). The first kappa shape index (κ1) is 23.4. The maximum absolute atomic E-state index is 12.5. The largest absolute Gasteiger partial charge is 0.496 e. The lowest BCUT2D eigenvalue weighted by Gasteiger charge is -2.22. The van der Waals surface area contributed by atoms with Crippen molar-refractivity contribution in [1.29, 1.82) is 0 Å². The number of hydrogen-bond acceptors (Lipinski definition) is 8. The summed E-state index contributed by atoms with van der Waals surface area (Å²) in [6, 6.07) is 9.76. The number of methoxy groups -OCH3 is 1. The van der Waals surface area contributed by atoms with E-state index >= 15 is 0 Å². The van der Waals surface area contributed by atoms with Crippen molar-refractivity contribution in [3.8, 4) is 22.3 Å². The molecule has 9 nitrogen and oxygen atoms in total. The highest BCUT2D eigenvalue weighted by Crippen LogP contribution is 2.49. The fraction of sp³-hybridized carbons (Fsp3) is 0.333. The van der Waals surface area contributed by atoms with Crippen molar-refractivity contribution in [2.45, 2.75) is 44.9 Å². The number of amides is 1. The Morgan fingerprint density at radius 2 is 2.00 bits per heavy atom. The molecule has 2 aromatic carbocycles. The van der Waals surface area contributed by atoms with Gasteiger partial charge in [0.2, 0.25) is 5.06 Å². The van der Waals surface area contributed by atoms with E-state index in [4.69, 9.17) is 25.8 Å². The second-order valence-corrected chi connectivity index (χ2v) is 9.84. The van der Waals surface area contributed by atoms with Gasteiger partial charge in [-0.3, -0.25) is 5.32 Å². The Balaban J connectivity index is 1.48. The number of benzene rings is 2. The predicted molar refractivity (Wildman–Crippen MR) is 134 cm³/mol. The Labute approximate surface area is 210 Å². The number of hydrogen-bond donors (Lipinski definition) is 2. The number of thiophene rings is 1. The number of aromatic amines is 1. The lowest BCUT2D eigenvalue weighted by Crippen LogP contribution is -2.17. The molecular formula is C24H24ClN5O4S. The number of carbonyl (C=O) groups is 1. The van der Waals surface area contributed by atoms with Crippen LogP contribution in [-0.2, 0) is 0 Å². The smallest absolute Gasteiger partial charge is 0.420 e. The van der Waals surface area contributed by atoms with Crippen LogP contribution in [0.25, 0.3) is 10.1 Å². The van der Waals surface area contributed by atoms with Gasteiger partial charge in [-0.2, -0.15) is 5.21 Å². The zero-order chi connectivity index (χ0) is 24.4. The first-order chi connectivity index (χ1) is 17.0. The summed E-state index contributed by atoms with van der Waals surface area (Å²) in [5.74, 6) is 2.07. The van der Waals surface area contributed by atoms with Crippen molar-refractivity contribution < 1.29 is 19.0 Å². The second kappa shape index (κ2) is 10.1. The van der Waals surface area contributed by atoms with Gasteiger partial charge in [-0.25, -0.2) is 4.79 Å². The molecule has 1 aliphatic rings. The summed E-state index contributed by atoms with van der Waals surface area (Å²) in [6.45, 7) is 1.95. The second-order valence-electron chi connectivity index (χ2n) is 8.41. The molecule has 0 unspecified atom stereocenters. The van der Waals surface area contributed by atoms with Gasteiger partial charge in [0, 0.05) is 10.1 Å². The molecule has 2 heterocycles. The average molecular weight is 514 g/mol. The number of aromatic nitrogens is 4. The molecule has 182 valence electrons. The summed E-state index contributed by atoms with van der Waals surface area (Å²) in [6.07, 6.45) is 5.37. The quantitative estimate of drug-likeness (QED) is 0.290. The van der Waals surface area contributed by atoms with Crippen molar-refractivity contribution in [3.05, 3.63) is 46.5 Å². The molecule has 0 aliphatic heterocycles. The van der Waals surface area contributed by atoms with Crippen LogP contribution in [0.3, 0.4) is 0 Å². The normalized spacial score (nSPS) is 14.1. The molecule has 1 aliphatic carbocycles. The van der Waals surface area contributed by atoms with Gasteiger partial charge in [-0.15, -0.1) is 5.10 Å². The Hall–Kier alpha value is -3.37. The summed E-state index contributed by atoms with van der Waals surface area (Å²) in [5.41, 5.74) is 2.18. The number of rotatable bonds is 6. The van der Waals surface area contributed by atoms with E-state index in [1.807, 2.05) is 31.2 Å². The lowest BCUT2D eigenvalue weighted by atomic mass is 9.84. The van der Waals surface area contributed by atoms with Gasteiger partial charge in [-0.05, 0) is 66.3 Å². The maximum atomic E-state index is 12.5. The van der Waals surface area contributed by atoms with Crippen LogP contribution in [0.4, 0.5) is 10.7 Å². The van der Waals surface area contributed by atoms with Crippen molar-refractivity contribution in [3.63, 3.8) is 0 Å². The number of anilines is 1. The molecule has 11 heteroatoms. The van der Waals surface area contributed by atoms with E-state index in [9.17, 15) is 4.79 Å². The Bertz CT molecular complexity index is 1350. The SMILES string of the molecule is COc1cc2c(Oc3ccc(C4CCCCC4)cc3Cl)c(OC(=O)Nc3nn[nH]n3)sc2cc1C. The zero-order valence-corrected chi connectivity index (χ0v) is 20.8. The maximum Gasteiger partial charge on any atom is 0.420 e. The van der Waals surface area contributed by atoms with Gasteiger partial charge >= 0.3 is 6.09 Å². The molecule has 2 N–H and O–H groups in total. The number of halogens is 1. The number of ether oxygens (including phenoxy) is 3. The molecule has 2 aromatic heterocycles. The first-order valence-electron chi connectivity index (χ1n) is 11.3. The molecule has 4 aromatic rings. The molecule has 0 radical (unpaired) electrons. The third-order valence-electron chi connectivity index (χ3n) is 6.12. The van der Waals surface area contributed by atoms with Crippen molar-refractivity contribution in [2.24, 2.45) is 0 Å². The summed E-state index contributed by atoms with van der Waals surface area (Å²) in [7, 11) is 1.61. The summed E-state index contributed by atoms with van der Waals surface area (Å²) < 4.78 is 18.2. The highest BCUT2D eigenvalue weighted by molar-refractivity contribution is 7.21. The van der Waals surface area contributed by atoms with Crippen LogP contribution >= 0.6 is 22.9 Å². The third-order valence-corrected chi connectivity index (χ3v) is 7.43. The van der Waals surface area contributed by atoms with Gasteiger partial charge in [0.25, 0.3) is 5.95 Å². The van der Waals surface area contributed by atoms with Crippen LogP contribution in [0.5, 0.6) is 22.3 Å². The van der Waals surface area contributed by atoms with Gasteiger partial charge in [-0.1, -0.05) is 53.4 Å². The zero-order valence-electron chi connectivity index (χ0n) is 19.3. The summed E-state index contributed by atoms with van der Waals surface area (Å²) in [5, 5.41) is 17.0. The molecular weight excluding hydrogens is 490 g/mol. The van der Waals surface area contributed by atoms with Crippen LogP contribution in [-0.4, -0.2) is 33.8 Å². The molecule has 1 saturated carbocycles. The van der Waals surface area contributed by atoms with E-state index in [1.54, 1.807) is 7.11 Å². The highest BCUT2D eigenvalue weighted by atomic mass is 35.5. The van der Waals surface area contributed by atoms with Crippen LogP contribution in [0.2, 0.25) is 5.02 Å². The number of fused-ring (bicyclic) bond motifs is 1. The molecule has 35 heavy (non-hydrogen) atoms. The summed E-state index contributed by atoms with van der Waals surface area (Å²) in [4.78, 5) is 12.5. The monoisotopic (exact) mass is 513 g/mol. The molecule has 0 saturated heterocycles. The minimum atomic E-state index is -0.773. The number of tetrazole rings is 1. The number of nitrogens with one attached hydrogen (secondary N) is 2. The van der Waals surface area contributed by atoms with E-state index in [1.165, 1.54) is 49.0 Å². The molecule has 0 atom stereocenters. The van der Waals surface area contributed by atoms with Crippen LogP contribution in [0, 0.1) is 6.92 Å². The van der Waals surface area contributed by atoms with Gasteiger partial charge < -0.3 is 14.2 Å². The van der Waals surface area contributed by atoms with Crippen molar-refractivity contribution in [2.75, 3.05) is 12.4 Å².